The monoisotopic (exact) mass is 437 g/mol. The van der Waals surface area contributed by atoms with E-state index in [0.29, 0.717) is 0 Å². The number of rotatable bonds is 7. The van der Waals surface area contributed by atoms with Crippen molar-refractivity contribution in [2.45, 2.75) is 4.34 Å². The van der Waals surface area contributed by atoms with Gasteiger partial charge in [-0.1, -0.05) is 23.9 Å². The van der Waals surface area contributed by atoms with Crippen LogP contribution in [-0.4, -0.2) is 32.3 Å². The second-order valence-corrected chi connectivity index (χ2v) is 8.36. The molecule has 2 aromatic carbocycles. The van der Waals surface area contributed by atoms with Crippen LogP contribution < -0.4 is 5.43 Å². The highest BCUT2D eigenvalue weighted by atomic mass is 32.2. The van der Waals surface area contributed by atoms with Crippen LogP contribution in [0.15, 0.2) is 76.3 Å². The first kappa shape index (κ1) is 19.8. The molecule has 0 aliphatic heterocycles. The molecule has 8 nitrogen and oxygen atoms in total. The molecule has 0 radical (unpaired) electrons. The van der Waals surface area contributed by atoms with Gasteiger partial charge in [0.1, 0.15) is 0 Å². The van der Waals surface area contributed by atoms with Gasteiger partial charge in [-0.2, -0.15) is 5.10 Å². The van der Waals surface area contributed by atoms with Crippen molar-refractivity contribution in [2.75, 3.05) is 5.75 Å². The van der Waals surface area contributed by atoms with E-state index in [0.717, 1.165) is 25.9 Å². The Hall–Kier alpha value is -3.50. The van der Waals surface area contributed by atoms with Crippen LogP contribution in [0, 0.1) is 10.1 Å². The first-order valence-electron chi connectivity index (χ1n) is 8.82. The third kappa shape index (κ3) is 4.56. The van der Waals surface area contributed by atoms with Gasteiger partial charge in [0.05, 0.1) is 32.8 Å². The van der Waals surface area contributed by atoms with Crippen molar-refractivity contribution in [1.29, 1.82) is 0 Å². The van der Waals surface area contributed by atoms with Crippen LogP contribution in [0.2, 0.25) is 0 Å². The molecule has 0 aliphatic rings. The first-order valence-corrected chi connectivity index (χ1v) is 10.6. The smallest absolute Gasteiger partial charge is 0.269 e. The number of nitrogens with zero attached hydrogens (tertiary/aromatic N) is 4. The number of aromatic nitrogens is 2. The molecule has 30 heavy (non-hydrogen) atoms. The summed E-state index contributed by atoms with van der Waals surface area (Å²) in [5, 5.41) is 14.8. The minimum absolute atomic E-state index is 0.0269. The Morgan fingerprint density at radius 1 is 1.20 bits per heavy atom. The summed E-state index contributed by atoms with van der Waals surface area (Å²) < 4.78 is 3.74. The molecule has 0 aliphatic carbocycles. The van der Waals surface area contributed by atoms with E-state index >= 15 is 0 Å². The van der Waals surface area contributed by atoms with Crippen LogP contribution in [0.25, 0.3) is 15.9 Å². The SMILES string of the molecule is O=C(CSc1nc2ccccc2s1)N/N=C/c1cccn1-c1ccc([N+](=O)[O-])cc1. The van der Waals surface area contributed by atoms with Crippen LogP contribution >= 0.6 is 23.1 Å². The van der Waals surface area contributed by atoms with Gasteiger partial charge in [0, 0.05) is 24.0 Å². The summed E-state index contributed by atoms with van der Waals surface area (Å²) in [7, 11) is 0. The van der Waals surface area contributed by atoms with Crippen molar-refractivity contribution in [3.05, 3.63) is 82.7 Å². The Kier molecular flexibility index (Phi) is 5.87. The third-order valence-electron chi connectivity index (χ3n) is 4.11. The van der Waals surface area contributed by atoms with Gasteiger partial charge >= 0.3 is 0 Å². The van der Waals surface area contributed by atoms with Gasteiger partial charge in [-0.3, -0.25) is 14.9 Å². The van der Waals surface area contributed by atoms with E-state index in [2.05, 4.69) is 15.5 Å². The zero-order chi connectivity index (χ0) is 20.9. The van der Waals surface area contributed by atoms with Crippen LogP contribution in [0.4, 0.5) is 5.69 Å². The number of hydrazone groups is 1. The largest absolute Gasteiger partial charge is 0.316 e. The average Bonchev–Trinajstić information content (AvgIpc) is 3.39. The summed E-state index contributed by atoms with van der Waals surface area (Å²) in [6.07, 6.45) is 3.34. The number of nitro benzene ring substituents is 1. The van der Waals surface area contributed by atoms with Gasteiger partial charge in [-0.05, 0) is 36.4 Å². The molecule has 2 heterocycles. The van der Waals surface area contributed by atoms with Crippen LogP contribution in [0.5, 0.6) is 0 Å². The molecule has 0 saturated carbocycles. The Morgan fingerprint density at radius 3 is 2.77 bits per heavy atom. The number of carbonyl (C=O) groups is 1. The fraction of sp³-hybridized carbons (Fsp3) is 0.0500. The number of amides is 1. The van der Waals surface area contributed by atoms with Crippen LogP contribution in [0.3, 0.4) is 0 Å². The van der Waals surface area contributed by atoms with E-state index in [1.54, 1.807) is 23.5 Å². The zero-order valence-electron chi connectivity index (χ0n) is 15.5. The van der Waals surface area contributed by atoms with Crippen molar-refractivity contribution in [3.8, 4) is 5.69 Å². The van der Waals surface area contributed by atoms with Gasteiger partial charge in [-0.15, -0.1) is 11.3 Å². The van der Waals surface area contributed by atoms with Gasteiger partial charge in [0.15, 0.2) is 4.34 Å². The fourth-order valence-corrected chi connectivity index (χ4v) is 4.57. The highest BCUT2D eigenvalue weighted by molar-refractivity contribution is 8.01. The molecule has 0 atom stereocenters. The normalized spacial score (nSPS) is 11.2. The van der Waals surface area contributed by atoms with Crippen molar-refractivity contribution < 1.29 is 9.72 Å². The number of benzene rings is 2. The lowest BCUT2D eigenvalue weighted by Crippen LogP contribution is -2.19. The molecule has 4 rings (SSSR count). The number of thioether (sulfide) groups is 1. The molecule has 4 aromatic rings. The maximum atomic E-state index is 12.1. The lowest BCUT2D eigenvalue weighted by molar-refractivity contribution is -0.384. The molecular weight excluding hydrogens is 422 g/mol. The predicted molar refractivity (Wildman–Crippen MR) is 119 cm³/mol. The first-order chi connectivity index (χ1) is 14.6. The molecular formula is C20H15N5O3S2. The van der Waals surface area contributed by atoms with E-state index in [9.17, 15) is 14.9 Å². The lowest BCUT2D eigenvalue weighted by atomic mass is 10.3. The zero-order valence-corrected chi connectivity index (χ0v) is 17.1. The summed E-state index contributed by atoms with van der Waals surface area (Å²) in [4.78, 5) is 26.9. The Morgan fingerprint density at radius 2 is 2.00 bits per heavy atom. The van der Waals surface area contributed by atoms with Gasteiger partial charge in [0.2, 0.25) is 0 Å². The number of thiazole rings is 1. The van der Waals surface area contributed by atoms with Gasteiger partial charge in [0.25, 0.3) is 11.6 Å². The molecule has 0 spiro atoms. The number of carbonyl (C=O) groups excluding carboxylic acids is 1. The predicted octanol–water partition coefficient (Wildman–Crippen LogP) is 4.24. The van der Waals surface area contributed by atoms with E-state index in [4.69, 9.17) is 0 Å². The molecule has 0 saturated heterocycles. The van der Waals surface area contributed by atoms with Crippen molar-refractivity contribution in [3.63, 3.8) is 0 Å². The number of nitrogens with one attached hydrogen (secondary N) is 1. The van der Waals surface area contributed by atoms with E-state index in [1.807, 2.05) is 47.2 Å². The van der Waals surface area contributed by atoms with Crippen LogP contribution in [-0.2, 0) is 4.79 Å². The number of non-ortho nitro benzene ring substituents is 1. The fourth-order valence-electron chi connectivity index (χ4n) is 2.71. The Balaban J connectivity index is 1.34. The molecule has 1 N–H and O–H groups in total. The molecule has 0 fully saturated rings. The Labute approximate surface area is 179 Å². The van der Waals surface area contributed by atoms with E-state index in [1.165, 1.54) is 30.1 Å². The maximum Gasteiger partial charge on any atom is 0.269 e. The van der Waals surface area contributed by atoms with Crippen molar-refractivity contribution in [1.82, 2.24) is 15.0 Å². The summed E-state index contributed by atoms with van der Waals surface area (Å²) in [6.45, 7) is 0. The minimum Gasteiger partial charge on any atom is -0.316 e. The molecule has 10 heteroatoms. The number of hydrogen-bond acceptors (Lipinski definition) is 7. The number of fused-ring (bicyclic) bond motifs is 1. The van der Waals surface area contributed by atoms with E-state index < -0.39 is 4.92 Å². The molecule has 0 bridgehead atoms. The highest BCUT2D eigenvalue weighted by Gasteiger charge is 2.08. The summed E-state index contributed by atoms with van der Waals surface area (Å²) >= 11 is 2.92. The lowest BCUT2D eigenvalue weighted by Gasteiger charge is -2.05. The molecule has 1 amide bonds. The summed E-state index contributed by atoms with van der Waals surface area (Å²) in [5.74, 6) is -0.0236. The van der Waals surface area contributed by atoms with Gasteiger partial charge < -0.3 is 4.57 Å². The quantitative estimate of drug-likeness (QED) is 0.202. The summed E-state index contributed by atoms with van der Waals surface area (Å²) in [6, 6.07) is 17.7. The highest BCUT2D eigenvalue weighted by Crippen LogP contribution is 2.29. The van der Waals surface area contributed by atoms with E-state index in [-0.39, 0.29) is 17.3 Å². The molecule has 2 aromatic heterocycles. The standard InChI is InChI=1S/C20H15N5O3S2/c26-19(13-29-20-22-17-5-1-2-6-18(17)30-20)23-21-12-16-4-3-11-24(16)14-7-9-15(10-8-14)25(27)28/h1-12H,13H2,(H,23,26)/b21-12+. The summed E-state index contributed by atoms with van der Waals surface area (Å²) in [5.41, 5.74) is 4.94. The van der Waals surface area contributed by atoms with Crippen LogP contribution in [0.1, 0.15) is 5.69 Å². The molecule has 0 unspecified atom stereocenters. The van der Waals surface area contributed by atoms with Crippen molar-refractivity contribution >= 4 is 51.1 Å². The second kappa shape index (κ2) is 8.89. The number of para-hydroxylation sites is 1. The van der Waals surface area contributed by atoms with Gasteiger partial charge in [-0.25, -0.2) is 10.4 Å². The number of hydrogen-bond donors (Lipinski definition) is 1. The third-order valence-corrected chi connectivity index (χ3v) is 6.29. The maximum absolute atomic E-state index is 12.1. The topological polar surface area (TPSA) is 102 Å². The Bertz CT molecular complexity index is 1200. The average molecular weight is 438 g/mol. The van der Waals surface area contributed by atoms with Crippen molar-refractivity contribution in [2.24, 2.45) is 5.10 Å². The minimum atomic E-state index is -0.441. The number of nitro groups is 1. The second-order valence-electron chi connectivity index (χ2n) is 6.11. The molecule has 150 valence electrons.